The van der Waals surface area contributed by atoms with E-state index in [2.05, 4.69) is 9.72 Å². The summed E-state index contributed by atoms with van der Waals surface area (Å²) in [6, 6.07) is 0. The number of nitro groups is 1. The van der Waals surface area contributed by atoms with Crippen LogP contribution in [-0.4, -0.2) is 44.5 Å². The maximum Gasteiger partial charge on any atom is 0.343 e. The van der Waals surface area contributed by atoms with Crippen molar-refractivity contribution in [1.29, 1.82) is 0 Å². The van der Waals surface area contributed by atoms with Gasteiger partial charge in [0.25, 0.3) is 5.82 Å². The third kappa shape index (κ3) is 3.54. The lowest BCUT2D eigenvalue weighted by Gasteiger charge is -2.03. The fraction of sp³-hybridized carbons (Fsp3) is 0.444. The normalized spacial score (nSPS) is 11.3. The second kappa shape index (κ2) is 5.75. The van der Waals surface area contributed by atoms with Crippen molar-refractivity contribution in [3.63, 3.8) is 0 Å². The number of aromatic nitrogens is 2. The van der Waals surface area contributed by atoms with Crippen LogP contribution in [0.1, 0.15) is 12.7 Å². The van der Waals surface area contributed by atoms with Gasteiger partial charge in [0, 0.05) is 6.92 Å². The summed E-state index contributed by atoms with van der Waals surface area (Å²) in [5.74, 6) is -0.537. The van der Waals surface area contributed by atoms with Crippen molar-refractivity contribution in [2.75, 3.05) is 13.2 Å². The molecule has 0 atom stereocenters. The van der Waals surface area contributed by atoms with Crippen molar-refractivity contribution in [3.8, 4) is 0 Å². The molecule has 0 aromatic carbocycles. The number of carbonyl (C=O) groups excluding carboxylic acids is 1. The number of carbonyl (C=O) groups is 1. The minimum absolute atomic E-state index is 0.0537. The maximum atomic E-state index is 11.4. The van der Waals surface area contributed by atoms with Crippen LogP contribution in [-0.2, 0) is 16.6 Å². The third-order valence-electron chi connectivity index (χ3n) is 2.06. The largest absolute Gasteiger partial charge is 0.624 e. The highest BCUT2D eigenvalue weighted by Crippen LogP contribution is 2.09. The van der Waals surface area contributed by atoms with E-state index in [9.17, 15) is 20.1 Å². The zero-order chi connectivity index (χ0) is 13.7. The molecule has 1 rings (SSSR count). The molecule has 0 spiro atoms. The molecule has 98 valence electrons. The standard InChI is InChI=1S/C9H12N4O5/c1-7(14)18-4-3-12(15)6-8-10-5-9(11(8)2)13(16)17/h5-6H,3-4H2,1-2H3/b12-6-. The van der Waals surface area contributed by atoms with E-state index in [0.29, 0.717) is 4.74 Å². The van der Waals surface area contributed by atoms with Crippen molar-refractivity contribution >= 4 is 18.0 Å². The Morgan fingerprint density at radius 3 is 2.78 bits per heavy atom. The number of hydrogen-bond acceptors (Lipinski definition) is 6. The topological polar surface area (TPSA) is 113 Å². The van der Waals surface area contributed by atoms with Crippen LogP contribution in [0.3, 0.4) is 0 Å². The molecule has 9 nitrogen and oxygen atoms in total. The minimum Gasteiger partial charge on any atom is -0.624 e. The molecule has 1 aromatic rings. The van der Waals surface area contributed by atoms with Gasteiger partial charge in [-0.3, -0.25) is 4.79 Å². The molecular weight excluding hydrogens is 244 g/mol. The van der Waals surface area contributed by atoms with Crippen LogP contribution >= 0.6 is 0 Å². The zero-order valence-electron chi connectivity index (χ0n) is 9.90. The van der Waals surface area contributed by atoms with Crippen LogP contribution in [0.15, 0.2) is 6.20 Å². The van der Waals surface area contributed by atoms with Gasteiger partial charge in [0.15, 0.2) is 13.2 Å². The number of imidazole rings is 1. The van der Waals surface area contributed by atoms with Crippen LogP contribution < -0.4 is 0 Å². The summed E-state index contributed by atoms with van der Waals surface area (Å²) in [6.07, 6.45) is 2.15. The van der Waals surface area contributed by atoms with Crippen LogP contribution in [0.25, 0.3) is 0 Å². The Labute approximate surface area is 102 Å². The van der Waals surface area contributed by atoms with Gasteiger partial charge >= 0.3 is 11.8 Å². The zero-order valence-corrected chi connectivity index (χ0v) is 9.90. The SMILES string of the molecule is CC(=O)OCC/[N+]([O-])=C/c1ncc([N+](=O)[O-])n1C. The van der Waals surface area contributed by atoms with Crippen LogP contribution in [0, 0.1) is 15.3 Å². The van der Waals surface area contributed by atoms with Gasteiger partial charge in [-0.1, -0.05) is 0 Å². The average molecular weight is 256 g/mol. The molecule has 0 radical (unpaired) electrons. The lowest BCUT2D eigenvalue weighted by Crippen LogP contribution is -2.16. The molecule has 0 aliphatic carbocycles. The van der Waals surface area contributed by atoms with Crippen molar-refractivity contribution < 1.29 is 19.2 Å². The summed E-state index contributed by atoms with van der Waals surface area (Å²) in [4.78, 5) is 24.2. The van der Waals surface area contributed by atoms with Crippen molar-refractivity contribution in [2.24, 2.45) is 7.05 Å². The Bertz CT molecular complexity index is 493. The molecule has 9 heteroatoms. The first-order chi connectivity index (χ1) is 8.41. The number of esters is 1. The van der Waals surface area contributed by atoms with Crippen molar-refractivity contribution in [1.82, 2.24) is 9.55 Å². The first kappa shape index (κ1) is 13.6. The van der Waals surface area contributed by atoms with Gasteiger partial charge in [0.2, 0.25) is 6.21 Å². The second-order valence-corrected chi connectivity index (χ2v) is 3.40. The summed E-state index contributed by atoms with van der Waals surface area (Å²) >= 11 is 0. The lowest BCUT2D eigenvalue weighted by molar-refractivity contribution is -0.455. The molecule has 0 amide bonds. The van der Waals surface area contributed by atoms with Crippen molar-refractivity contribution in [2.45, 2.75) is 6.92 Å². The third-order valence-corrected chi connectivity index (χ3v) is 2.06. The average Bonchev–Trinajstić information content (AvgIpc) is 2.60. The minimum atomic E-state index is -0.599. The molecule has 0 aliphatic rings. The van der Waals surface area contributed by atoms with E-state index >= 15 is 0 Å². The smallest absolute Gasteiger partial charge is 0.343 e. The van der Waals surface area contributed by atoms with Gasteiger partial charge in [-0.05, 0) is 4.92 Å². The Kier molecular flexibility index (Phi) is 4.35. The Morgan fingerprint density at radius 1 is 1.61 bits per heavy atom. The van der Waals surface area contributed by atoms with E-state index in [1.165, 1.54) is 18.5 Å². The molecule has 0 unspecified atom stereocenters. The first-order valence-corrected chi connectivity index (χ1v) is 5.00. The molecule has 0 fully saturated rings. The van der Waals surface area contributed by atoms with Crippen LogP contribution in [0.4, 0.5) is 5.82 Å². The van der Waals surface area contributed by atoms with Crippen molar-refractivity contribution in [3.05, 3.63) is 27.3 Å². The highest BCUT2D eigenvalue weighted by atomic mass is 16.6. The molecule has 0 bridgehead atoms. The van der Waals surface area contributed by atoms with E-state index in [1.807, 2.05) is 0 Å². The number of hydroxylamine groups is 1. The number of nitrogens with zero attached hydrogens (tertiary/aromatic N) is 4. The number of rotatable bonds is 5. The number of hydrogen-bond donors (Lipinski definition) is 0. The fourth-order valence-corrected chi connectivity index (χ4v) is 1.18. The molecule has 0 aliphatic heterocycles. The molecular formula is C9H12N4O5. The quantitative estimate of drug-likeness (QED) is 0.180. The highest BCUT2D eigenvalue weighted by molar-refractivity contribution is 5.71. The maximum absolute atomic E-state index is 11.4. The fourth-order valence-electron chi connectivity index (χ4n) is 1.18. The Balaban J connectivity index is 2.70. The summed E-state index contributed by atoms with van der Waals surface area (Å²) in [6.45, 7) is 1.11. The van der Waals surface area contributed by atoms with E-state index < -0.39 is 10.9 Å². The van der Waals surface area contributed by atoms with Gasteiger partial charge in [-0.2, -0.15) is 0 Å². The van der Waals surface area contributed by atoms with Gasteiger partial charge < -0.3 is 20.1 Å². The Hall–Kier alpha value is -2.45. The monoisotopic (exact) mass is 256 g/mol. The molecule has 0 N–H and O–H groups in total. The molecule has 0 saturated carbocycles. The molecule has 18 heavy (non-hydrogen) atoms. The van der Waals surface area contributed by atoms with Gasteiger partial charge in [0.05, 0.1) is 7.05 Å². The van der Waals surface area contributed by atoms with Gasteiger partial charge in [-0.25, -0.2) is 14.3 Å². The van der Waals surface area contributed by atoms with Gasteiger partial charge in [-0.15, -0.1) is 0 Å². The van der Waals surface area contributed by atoms with E-state index in [1.54, 1.807) is 0 Å². The van der Waals surface area contributed by atoms with Crippen LogP contribution in [0.5, 0.6) is 0 Å². The summed E-state index contributed by atoms with van der Waals surface area (Å²) in [7, 11) is 1.43. The lowest BCUT2D eigenvalue weighted by atomic mass is 10.6. The summed E-state index contributed by atoms with van der Waals surface area (Å²) in [5.41, 5.74) is 0. The van der Waals surface area contributed by atoms with E-state index in [0.717, 1.165) is 12.4 Å². The Morgan fingerprint density at radius 2 is 2.28 bits per heavy atom. The summed E-state index contributed by atoms with van der Waals surface area (Å²) < 4.78 is 6.26. The number of ether oxygens (including phenoxy) is 1. The predicted octanol–water partition coefficient (Wildman–Crippen LogP) is -0.179. The summed E-state index contributed by atoms with van der Waals surface area (Å²) in [5, 5.41) is 21.9. The van der Waals surface area contributed by atoms with E-state index in [4.69, 9.17) is 0 Å². The van der Waals surface area contributed by atoms with Gasteiger partial charge in [0.1, 0.15) is 6.20 Å². The molecule has 1 aromatic heterocycles. The van der Waals surface area contributed by atoms with E-state index in [-0.39, 0.29) is 24.8 Å². The van der Waals surface area contributed by atoms with Crippen LogP contribution in [0.2, 0.25) is 0 Å². The predicted molar refractivity (Wildman–Crippen MR) is 60.2 cm³/mol. The first-order valence-electron chi connectivity index (χ1n) is 5.00. The molecule has 0 saturated heterocycles. The molecule has 1 heterocycles. The highest BCUT2D eigenvalue weighted by Gasteiger charge is 2.17. The second-order valence-electron chi connectivity index (χ2n) is 3.40.